The highest BCUT2D eigenvalue weighted by Gasteiger charge is 2.29. The molecule has 0 radical (unpaired) electrons. The van der Waals surface area contributed by atoms with Gasteiger partial charge in [-0.2, -0.15) is 0 Å². The minimum atomic E-state index is -0.205. The number of likely N-dealkylation sites (tertiary alicyclic amines) is 1. The molecular weight excluding hydrogens is 347 g/mol. The van der Waals surface area contributed by atoms with Gasteiger partial charge >= 0.3 is 0 Å². The molecule has 3 heterocycles. The maximum absolute atomic E-state index is 13.1. The Labute approximate surface area is 155 Å². The smallest absolute Gasteiger partial charge is 0.281 e. The van der Waals surface area contributed by atoms with E-state index in [4.69, 9.17) is 0 Å². The molecule has 2 aromatic heterocycles. The fourth-order valence-corrected chi connectivity index (χ4v) is 3.82. The number of piperidine rings is 1. The Morgan fingerprint density at radius 3 is 2.56 bits per heavy atom. The predicted octanol–water partition coefficient (Wildman–Crippen LogP) is 2.37. The number of hydrogen-bond donors (Lipinski definition) is 1. The molecule has 0 amide bonds. The summed E-state index contributed by atoms with van der Waals surface area (Å²) in [4.78, 5) is 22.1. The summed E-state index contributed by atoms with van der Waals surface area (Å²) in [7, 11) is 0. The van der Waals surface area contributed by atoms with Gasteiger partial charge in [0, 0.05) is 25.6 Å². The molecule has 140 valence electrons. The molecule has 1 aromatic carbocycles. The van der Waals surface area contributed by atoms with Gasteiger partial charge in [-0.05, 0) is 43.4 Å². The van der Waals surface area contributed by atoms with Crippen LogP contribution in [0.1, 0.15) is 49.0 Å². The van der Waals surface area contributed by atoms with E-state index < -0.39 is 0 Å². The van der Waals surface area contributed by atoms with Crippen LogP contribution >= 0.6 is 0 Å². The average molecular weight is 368 g/mol. The predicted molar refractivity (Wildman–Crippen MR) is 97.9 cm³/mol. The standard InChI is InChI=1S/C19H21FN6O/c20-14-5-1-12(2-6-14)11-25-9-7-15(8-10-25)26-18-16(23-24-26)19(27)22-17(21-18)13-3-4-13/h1-2,5-6,13,15H,3-4,7-11H2,(H,21,22,27). The van der Waals surface area contributed by atoms with Gasteiger partial charge < -0.3 is 4.98 Å². The lowest BCUT2D eigenvalue weighted by Gasteiger charge is -2.31. The van der Waals surface area contributed by atoms with E-state index in [0.29, 0.717) is 17.1 Å². The lowest BCUT2D eigenvalue weighted by molar-refractivity contribution is 0.174. The van der Waals surface area contributed by atoms with Crippen LogP contribution in [-0.4, -0.2) is 43.0 Å². The Morgan fingerprint density at radius 2 is 1.85 bits per heavy atom. The number of H-pyrrole nitrogens is 1. The normalized spacial score (nSPS) is 19.0. The first-order valence-corrected chi connectivity index (χ1v) is 9.49. The fourth-order valence-electron chi connectivity index (χ4n) is 3.82. The van der Waals surface area contributed by atoms with Crippen LogP contribution in [0.15, 0.2) is 29.1 Å². The molecule has 0 spiro atoms. The Hall–Kier alpha value is -2.61. The van der Waals surface area contributed by atoms with E-state index in [1.165, 1.54) is 12.1 Å². The lowest BCUT2D eigenvalue weighted by Crippen LogP contribution is -2.34. The molecule has 1 aliphatic heterocycles. The van der Waals surface area contributed by atoms with Gasteiger partial charge in [-0.25, -0.2) is 14.1 Å². The van der Waals surface area contributed by atoms with Gasteiger partial charge in [0.05, 0.1) is 6.04 Å². The Bertz CT molecular complexity index is 1010. The van der Waals surface area contributed by atoms with Crippen molar-refractivity contribution in [2.45, 2.75) is 44.2 Å². The summed E-state index contributed by atoms with van der Waals surface area (Å²) in [5.41, 5.74) is 1.86. The molecule has 1 N–H and O–H groups in total. The van der Waals surface area contributed by atoms with E-state index in [1.807, 2.05) is 16.8 Å². The third-order valence-electron chi connectivity index (χ3n) is 5.54. The molecule has 0 atom stereocenters. The first-order valence-electron chi connectivity index (χ1n) is 9.49. The summed E-state index contributed by atoms with van der Waals surface area (Å²) in [6, 6.07) is 6.87. The van der Waals surface area contributed by atoms with Crippen molar-refractivity contribution in [1.29, 1.82) is 0 Å². The molecule has 2 aliphatic rings. The van der Waals surface area contributed by atoms with Gasteiger partial charge in [0.25, 0.3) is 5.56 Å². The van der Waals surface area contributed by atoms with Crippen LogP contribution in [0.25, 0.3) is 11.2 Å². The van der Waals surface area contributed by atoms with E-state index >= 15 is 0 Å². The number of nitrogens with one attached hydrogen (secondary N) is 1. The molecule has 8 heteroatoms. The van der Waals surface area contributed by atoms with Crippen LogP contribution in [0.2, 0.25) is 0 Å². The molecule has 1 aliphatic carbocycles. The fraction of sp³-hybridized carbons (Fsp3) is 0.474. The molecule has 2 fully saturated rings. The van der Waals surface area contributed by atoms with Crippen molar-refractivity contribution >= 4 is 11.2 Å². The number of aromatic amines is 1. The highest BCUT2D eigenvalue weighted by Crippen LogP contribution is 2.38. The highest BCUT2D eigenvalue weighted by molar-refractivity contribution is 5.68. The minimum absolute atomic E-state index is 0.193. The molecule has 3 aromatic rings. The number of halogens is 1. The van der Waals surface area contributed by atoms with Gasteiger partial charge in [-0.1, -0.05) is 17.3 Å². The molecule has 0 unspecified atom stereocenters. The second-order valence-corrected chi connectivity index (χ2v) is 7.57. The molecule has 7 nitrogen and oxygen atoms in total. The van der Waals surface area contributed by atoms with Crippen LogP contribution in [0.5, 0.6) is 0 Å². The Morgan fingerprint density at radius 1 is 1.11 bits per heavy atom. The molecule has 1 saturated heterocycles. The second kappa shape index (κ2) is 6.53. The summed E-state index contributed by atoms with van der Waals surface area (Å²) in [5, 5.41) is 8.31. The quantitative estimate of drug-likeness (QED) is 0.765. The highest BCUT2D eigenvalue weighted by atomic mass is 19.1. The van der Waals surface area contributed by atoms with Crippen LogP contribution in [0.4, 0.5) is 4.39 Å². The number of rotatable bonds is 4. The van der Waals surface area contributed by atoms with Gasteiger partial charge in [0.1, 0.15) is 11.6 Å². The minimum Gasteiger partial charge on any atom is -0.308 e. The first-order chi connectivity index (χ1) is 13.2. The van der Waals surface area contributed by atoms with Crippen LogP contribution < -0.4 is 5.56 Å². The van der Waals surface area contributed by atoms with E-state index in [0.717, 1.165) is 56.7 Å². The van der Waals surface area contributed by atoms with E-state index in [2.05, 4.69) is 25.2 Å². The average Bonchev–Trinajstić information content (AvgIpc) is 3.44. The van der Waals surface area contributed by atoms with Crippen molar-refractivity contribution in [3.05, 3.63) is 51.8 Å². The van der Waals surface area contributed by atoms with E-state index in [-0.39, 0.29) is 17.4 Å². The Kier molecular flexibility index (Phi) is 4.00. The zero-order valence-electron chi connectivity index (χ0n) is 14.9. The van der Waals surface area contributed by atoms with Crippen molar-refractivity contribution in [2.75, 3.05) is 13.1 Å². The summed E-state index contributed by atoms with van der Waals surface area (Å²) in [5.74, 6) is 0.941. The zero-order chi connectivity index (χ0) is 18.4. The monoisotopic (exact) mass is 368 g/mol. The number of fused-ring (bicyclic) bond motifs is 1. The summed E-state index contributed by atoms with van der Waals surface area (Å²) >= 11 is 0. The first kappa shape index (κ1) is 16.6. The summed E-state index contributed by atoms with van der Waals surface area (Å²) < 4.78 is 14.9. The molecule has 27 heavy (non-hydrogen) atoms. The van der Waals surface area contributed by atoms with Crippen LogP contribution in [-0.2, 0) is 6.54 Å². The van der Waals surface area contributed by atoms with Crippen molar-refractivity contribution in [1.82, 2.24) is 29.9 Å². The van der Waals surface area contributed by atoms with Crippen molar-refractivity contribution < 1.29 is 4.39 Å². The van der Waals surface area contributed by atoms with Crippen molar-refractivity contribution in [3.8, 4) is 0 Å². The third kappa shape index (κ3) is 3.25. The number of benzene rings is 1. The van der Waals surface area contributed by atoms with E-state index in [9.17, 15) is 9.18 Å². The summed E-state index contributed by atoms with van der Waals surface area (Å²) in [6.07, 6.45) is 4.01. The third-order valence-corrected chi connectivity index (χ3v) is 5.54. The van der Waals surface area contributed by atoms with Crippen molar-refractivity contribution in [3.63, 3.8) is 0 Å². The number of nitrogens with zero attached hydrogens (tertiary/aromatic N) is 5. The summed E-state index contributed by atoms with van der Waals surface area (Å²) in [6.45, 7) is 2.65. The molecular formula is C19H21FN6O. The van der Waals surface area contributed by atoms with Gasteiger partial charge in [-0.15, -0.1) is 5.10 Å². The molecule has 1 saturated carbocycles. The second-order valence-electron chi connectivity index (χ2n) is 7.57. The maximum atomic E-state index is 13.1. The topological polar surface area (TPSA) is 79.7 Å². The van der Waals surface area contributed by atoms with Gasteiger partial charge in [0.15, 0.2) is 11.2 Å². The van der Waals surface area contributed by atoms with Crippen molar-refractivity contribution in [2.24, 2.45) is 0 Å². The van der Waals surface area contributed by atoms with Gasteiger partial charge in [-0.3, -0.25) is 9.69 Å². The molecule has 0 bridgehead atoms. The SMILES string of the molecule is O=c1[nH]c(C2CC2)nc2c1nnn2C1CCN(Cc2ccc(F)cc2)CC1. The maximum Gasteiger partial charge on any atom is 0.281 e. The molecule has 5 rings (SSSR count). The number of aromatic nitrogens is 5. The van der Waals surface area contributed by atoms with Gasteiger partial charge in [0.2, 0.25) is 0 Å². The largest absolute Gasteiger partial charge is 0.308 e. The lowest BCUT2D eigenvalue weighted by atomic mass is 10.0. The van der Waals surface area contributed by atoms with Crippen LogP contribution in [0.3, 0.4) is 0 Å². The zero-order valence-corrected chi connectivity index (χ0v) is 14.9. The Balaban J connectivity index is 1.32. The van der Waals surface area contributed by atoms with E-state index in [1.54, 1.807) is 0 Å². The van der Waals surface area contributed by atoms with Crippen LogP contribution in [0, 0.1) is 5.82 Å². The number of hydrogen-bond acceptors (Lipinski definition) is 5.